The maximum absolute atomic E-state index is 11.3. The number of hydrogen-bond donors (Lipinski definition) is 1. The van der Waals surface area contributed by atoms with Crippen molar-refractivity contribution in [3.63, 3.8) is 0 Å². The number of thioether (sulfide) groups is 1. The number of aliphatic carboxylic acids is 1. The summed E-state index contributed by atoms with van der Waals surface area (Å²) in [6.45, 7) is 0. The molecule has 0 aliphatic carbocycles. The summed E-state index contributed by atoms with van der Waals surface area (Å²) in [5, 5.41) is 9.00. The first-order chi connectivity index (χ1) is 10.3. The number of carboxylic acids is 1. The molecule has 0 radical (unpaired) electrons. The van der Waals surface area contributed by atoms with Crippen molar-refractivity contribution in [2.75, 3.05) is 5.75 Å². The Labute approximate surface area is 130 Å². The van der Waals surface area contributed by atoms with E-state index in [1.807, 2.05) is 48.5 Å². The number of carboxylic acid groups (broad SMARTS) is 1. The molecule has 3 heteroatoms. The van der Waals surface area contributed by atoms with Crippen molar-refractivity contribution in [2.45, 2.75) is 24.5 Å². The van der Waals surface area contributed by atoms with Gasteiger partial charge in [0.25, 0.3) is 0 Å². The summed E-state index contributed by atoms with van der Waals surface area (Å²) < 4.78 is 0. The average Bonchev–Trinajstić information content (AvgIpc) is 2.52. The molecule has 1 atom stereocenters. The van der Waals surface area contributed by atoms with Crippen LogP contribution < -0.4 is 0 Å². The van der Waals surface area contributed by atoms with Crippen LogP contribution >= 0.6 is 11.8 Å². The summed E-state index contributed by atoms with van der Waals surface area (Å²) in [5.41, 5.74) is 2.46. The summed E-state index contributed by atoms with van der Waals surface area (Å²) in [6, 6.07) is 20.3. The fourth-order valence-corrected chi connectivity index (χ4v) is 3.25. The van der Waals surface area contributed by atoms with Gasteiger partial charge in [-0.1, -0.05) is 60.7 Å². The van der Waals surface area contributed by atoms with Gasteiger partial charge < -0.3 is 5.11 Å². The van der Waals surface area contributed by atoms with E-state index >= 15 is 0 Å². The molecule has 0 fully saturated rings. The summed E-state index contributed by atoms with van der Waals surface area (Å²) in [6.07, 6.45) is 2.41. The van der Waals surface area contributed by atoms with Crippen LogP contribution in [0.5, 0.6) is 0 Å². The van der Waals surface area contributed by atoms with Gasteiger partial charge in [0.05, 0.1) is 0 Å². The molecule has 0 aromatic heterocycles. The Morgan fingerprint density at radius 3 is 1.95 bits per heavy atom. The van der Waals surface area contributed by atoms with Crippen LogP contribution in [0.15, 0.2) is 60.7 Å². The normalized spacial score (nSPS) is 12.0. The maximum atomic E-state index is 11.3. The van der Waals surface area contributed by atoms with Gasteiger partial charge in [-0.15, -0.1) is 11.8 Å². The zero-order valence-corrected chi connectivity index (χ0v) is 12.8. The topological polar surface area (TPSA) is 37.3 Å². The van der Waals surface area contributed by atoms with E-state index < -0.39 is 5.97 Å². The highest BCUT2D eigenvalue weighted by Gasteiger charge is 2.17. The molecule has 0 aliphatic heterocycles. The number of hydrogen-bond acceptors (Lipinski definition) is 2. The minimum Gasteiger partial charge on any atom is -0.480 e. The Kier molecular flexibility index (Phi) is 6.35. The Hall–Kier alpha value is -1.74. The largest absolute Gasteiger partial charge is 0.480 e. The highest BCUT2D eigenvalue weighted by atomic mass is 32.2. The highest BCUT2D eigenvalue weighted by molar-refractivity contribution is 8.00. The molecule has 0 bridgehead atoms. The molecule has 0 amide bonds. The first-order valence-corrected chi connectivity index (χ1v) is 8.23. The van der Waals surface area contributed by atoms with Gasteiger partial charge in [-0.2, -0.15) is 0 Å². The molecule has 1 N–H and O–H groups in total. The molecule has 1 unspecified atom stereocenters. The van der Waals surface area contributed by atoms with E-state index in [2.05, 4.69) is 12.1 Å². The Morgan fingerprint density at radius 2 is 1.43 bits per heavy atom. The summed E-state index contributed by atoms with van der Waals surface area (Å²) in [5.74, 6) is 0.138. The standard InChI is InChI=1S/C18H20O2S/c19-18(20)17(12-11-15-7-3-1-4-8-15)21-14-13-16-9-5-2-6-10-16/h1-10,17H,11-14H2,(H,19,20). The molecule has 2 aromatic rings. The lowest BCUT2D eigenvalue weighted by Crippen LogP contribution is -2.18. The Morgan fingerprint density at radius 1 is 0.905 bits per heavy atom. The fourth-order valence-electron chi connectivity index (χ4n) is 2.18. The van der Waals surface area contributed by atoms with E-state index in [-0.39, 0.29) is 5.25 Å². The van der Waals surface area contributed by atoms with Crippen molar-refractivity contribution >= 4 is 17.7 Å². The van der Waals surface area contributed by atoms with E-state index in [4.69, 9.17) is 0 Å². The zero-order valence-electron chi connectivity index (χ0n) is 11.9. The van der Waals surface area contributed by atoms with Crippen molar-refractivity contribution < 1.29 is 9.90 Å². The lowest BCUT2D eigenvalue weighted by Gasteiger charge is -2.12. The average molecular weight is 300 g/mol. The van der Waals surface area contributed by atoms with Gasteiger partial charge in [0.2, 0.25) is 0 Å². The van der Waals surface area contributed by atoms with E-state index in [9.17, 15) is 9.90 Å². The van der Waals surface area contributed by atoms with Crippen molar-refractivity contribution in [3.8, 4) is 0 Å². The summed E-state index contributed by atoms with van der Waals surface area (Å²) >= 11 is 1.54. The van der Waals surface area contributed by atoms with Gasteiger partial charge in [-0.3, -0.25) is 4.79 Å². The zero-order chi connectivity index (χ0) is 14.9. The SMILES string of the molecule is O=C(O)C(CCc1ccccc1)SCCc1ccccc1. The van der Waals surface area contributed by atoms with Crippen LogP contribution in [0.2, 0.25) is 0 Å². The minimum atomic E-state index is -0.705. The second-order valence-electron chi connectivity index (χ2n) is 4.96. The van der Waals surface area contributed by atoms with Crippen LogP contribution in [0, 0.1) is 0 Å². The lowest BCUT2D eigenvalue weighted by atomic mass is 10.1. The molecule has 0 heterocycles. The quantitative estimate of drug-likeness (QED) is 0.799. The first-order valence-electron chi connectivity index (χ1n) is 7.18. The molecule has 2 nitrogen and oxygen atoms in total. The van der Waals surface area contributed by atoms with Crippen LogP contribution in [0.1, 0.15) is 17.5 Å². The highest BCUT2D eigenvalue weighted by Crippen LogP contribution is 2.19. The first kappa shape index (κ1) is 15.6. The predicted octanol–water partition coefficient (Wildman–Crippen LogP) is 4.05. The third-order valence-corrected chi connectivity index (χ3v) is 4.65. The molecule has 0 spiro atoms. The van der Waals surface area contributed by atoms with E-state index in [0.29, 0.717) is 6.42 Å². The van der Waals surface area contributed by atoms with Crippen LogP contribution in [0.25, 0.3) is 0 Å². The van der Waals surface area contributed by atoms with Crippen molar-refractivity contribution in [2.24, 2.45) is 0 Å². The molecule has 110 valence electrons. The minimum absolute atomic E-state index is 0.325. The van der Waals surface area contributed by atoms with Crippen molar-refractivity contribution in [1.82, 2.24) is 0 Å². The smallest absolute Gasteiger partial charge is 0.316 e. The Balaban J connectivity index is 1.78. The van der Waals surface area contributed by atoms with Crippen LogP contribution in [0.3, 0.4) is 0 Å². The monoisotopic (exact) mass is 300 g/mol. The van der Waals surface area contributed by atoms with Gasteiger partial charge in [0, 0.05) is 0 Å². The maximum Gasteiger partial charge on any atom is 0.316 e. The summed E-state index contributed by atoms with van der Waals surface area (Å²) in [4.78, 5) is 11.3. The third-order valence-electron chi connectivity index (χ3n) is 3.37. The van der Waals surface area contributed by atoms with Crippen LogP contribution in [-0.4, -0.2) is 22.1 Å². The van der Waals surface area contributed by atoms with Gasteiger partial charge in [0.1, 0.15) is 5.25 Å². The van der Waals surface area contributed by atoms with E-state index in [0.717, 1.165) is 18.6 Å². The number of aryl methyl sites for hydroxylation is 2. The molecule has 0 saturated heterocycles. The van der Waals surface area contributed by atoms with Crippen molar-refractivity contribution in [1.29, 1.82) is 0 Å². The molecule has 2 aromatic carbocycles. The number of rotatable bonds is 8. The molecular formula is C18H20O2S. The lowest BCUT2D eigenvalue weighted by molar-refractivity contribution is -0.136. The summed E-state index contributed by atoms with van der Waals surface area (Å²) in [7, 11) is 0. The van der Waals surface area contributed by atoms with Gasteiger partial charge in [0.15, 0.2) is 0 Å². The fraction of sp³-hybridized carbons (Fsp3) is 0.278. The van der Waals surface area contributed by atoms with Crippen molar-refractivity contribution in [3.05, 3.63) is 71.8 Å². The molecule has 0 aliphatic rings. The number of benzene rings is 2. The van der Waals surface area contributed by atoms with Gasteiger partial charge in [-0.25, -0.2) is 0 Å². The predicted molar refractivity (Wildman–Crippen MR) is 88.8 cm³/mol. The van der Waals surface area contributed by atoms with E-state index in [1.54, 1.807) is 11.8 Å². The molecule has 0 saturated carbocycles. The van der Waals surface area contributed by atoms with E-state index in [1.165, 1.54) is 11.1 Å². The van der Waals surface area contributed by atoms with Gasteiger partial charge in [-0.05, 0) is 36.1 Å². The number of carbonyl (C=O) groups is 1. The third kappa shape index (κ3) is 5.64. The van der Waals surface area contributed by atoms with Crippen LogP contribution in [0.4, 0.5) is 0 Å². The molecular weight excluding hydrogens is 280 g/mol. The van der Waals surface area contributed by atoms with Crippen LogP contribution in [-0.2, 0) is 17.6 Å². The second kappa shape index (κ2) is 8.53. The molecule has 2 rings (SSSR count). The van der Waals surface area contributed by atoms with Gasteiger partial charge >= 0.3 is 5.97 Å². The Bertz CT molecular complexity index is 540. The second-order valence-corrected chi connectivity index (χ2v) is 6.27. The molecule has 21 heavy (non-hydrogen) atoms.